The van der Waals surface area contributed by atoms with Crippen LogP contribution in [0.25, 0.3) is 0 Å². The summed E-state index contributed by atoms with van der Waals surface area (Å²) in [7, 11) is 0. The largest absolute Gasteiger partial charge is 0.342 e. The van der Waals surface area contributed by atoms with Crippen LogP contribution in [0, 0.1) is 17.8 Å². The molecule has 0 bridgehead atoms. The van der Waals surface area contributed by atoms with E-state index >= 15 is 0 Å². The average molecular weight is 198 g/mol. The summed E-state index contributed by atoms with van der Waals surface area (Å²) in [6.07, 6.45) is 1.04. The lowest BCUT2D eigenvalue weighted by Crippen LogP contribution is -2.32. The quantitative estimate of drug-likeness (QED) is 0.737. The molecular formula is C11H22N2O. The highest BCUT2D eigenvalue weighted by Crippen LogP contribution is 2.26. The molecule has 0 aliphatic carbocycles. The maximum atomic E-state index is 11.7. The Kier molecular flexibility index (Phi) is 3.93. The number of carbonyl (C=O) groups is 1. The van der Waals surface area contributed by atoms with Crippen LogP contribution in [0.5, 0.6) is 0 Å². The molecule has 1 heterocycles. The number of rotatable bonds is 3. The molecule has 0 aromatic carbocycles. The lowest BCUT2D eigenvalue weighted by atomic mass is 9.95. The molecule has 0 spiro atoms. The van der Waals surface area contributed by atoms with Crippen LogP contribution in [-0.4, -0.2) is 30.4 Å². The van der Waals surface area contributed by atoms with Gasteiger partial charge < -0.3 is 10.6 Å². The van der Waals surface area contributed by atoms with Gasteiger partial charge in [-0.1, -0.05) is 20.8 Å². The maximum absolute atomic E-state index is 11.7. The fourth-order valence-electron chi connectivity index (χ4n) is 2.17. The first kappa shape index (κ1) is 11.5. The minimum Gasteiger partial charge on any atom is -0.342 e. The van der Waals surface area contributed by atoms with Crippen molar-refractivity contribution in [1.82, 2.24) is 4.90 Å². The molecule has 0 saturated carbocycles. The third-order valence-electron chi connectivity index (χ3n) is 3.11. The molecule has 0 aromatic rings. The van der Waals surface area contributed by atoms with E-state index in [1.165, 1.54) is 0 Å². The summed E-state index contributed by atoms with van der Waals surface area (Å²) in [4.78, 5) is 13.7. The summed E-state index contributed by atoms with van der Waals surface area (Å²) in [6.45, 7) is 8.70. The molecule has 1 aliphatic rings. The van der Waals surface area contributed by atoms with Gasteiger partial charge in [-0.3, -0.25) is 4.79 Å². The molecule has 2 atom stereocenters. The normalized spacial score (nSPS) is 27.4. The van der Waals surface area contributed by atoms with Crippen molar-refractivity contribution in [2.24, 2.45) is 23.5 Å². The summed E-state index contributed by atoms with van der Waals surface area (Å²) in [6, 6.07) is 0. The molecule has 3 nitrogen and oxygen atoms in total. The minimum atomic E-state index is 0.124. The van der Waals surface area contributed by atoms with E-state index in [9.17, 15) is 4.79 Å². The zero-order valence-electron chi connectivity index (χ0n) is 9.49. The van der Waals surface area contributed by atoms with Crippen molar-refractivity contribution in [3.63, 3.8) is 0 Å². The topological polar surface area (TPSA) is 46.3 Å². The van der Waals surface area contributed by atoms with Gasteiger partial charge in [-0.2, -0.15) is 0 Å². The minimum absolute atomic E-state index is 0.124. The van der Waals surface area contributed by atoms with Gasteiger partial charge in [-0.15, -0.1) is 0 Å². The highest BCUT2D eigenvalue weighted by atomic mass is 16.2. The first-order valence-corrected chi connectivity index (χ1v) is 5.55. The van der Waals surface area contributed by atoms with Crippen molar-refractivity contribution in [3.8, 4) is 0 Å². The maximum Gasteiger partial charge on any atom is 0.225 e. The third kappa shape index (κ3) is 2.47. The molecule has 1 rings (SSSR count). The van der Waals surface area contributed by atoms with Crippen molar-refractivity contribution in [1.29, 1.82) is 0 Å². The molecule has 1 fully saturated rings. The van der Waals surface area contributed by atoms with Crippen molar-refractivity contribution < 1.29 is 4.79 Å². The smallest absolute Gasteiger partial charge is 0.225 e. The van der Waals surface area contributed by atoms with E-state index < -0.39 is 0 Å². The Morgan fingerprint density at radius 1 is 1.50 bits per heavy atom. The van der Waals surface area contributed by atoms with E-state index in [2.05, 4.69) is 6.92 Å². The van der Waals surface area contributed by atoms with E-state index in [4.69, 9.17) is 5.73 Å². The fraction of sp³-hybridized carbons (Fsp3) is 0.909. The second kappa shape index (κ2) is 4.78. The molecule has 0 unspecified atom stereocenters. The Bertz CT molecular complexity index is 203. The summed E-state index contributed by atoms with van der Waals surface area (Å²) < 4.78 is 0. The van der Waals surface area contributed by atoms with Crippen molar-refractivity contribution in [3.05, 3.63) is 0 Å². The van der Waals surface area contributed by atoms with E-state index in [1.807, 2.05) is 18.7 Å². The van der Waals surface area contributed by atoms with Crippen LogP contribution in [0.1, 0.15) is 27.2 Å². The Morgan fingerprint density at radius 2 is 2.14 bits per heavy atom. The molecule has 0 radical (unpaired) electrons. The standard InChI is InChI=1S/C11H22N2O/c1-8(2)11(14)13-6-9(3)10(7-13)4-5-12/h8-10H,4-7,12H2,1-3H3/t9-,10-/m1/s1. The number of nitrogens with zero attached hydrogens (tertiary/aromatic N) is 1. The Morgan fingerprint density at radius 3 is 2.64 bits per heavy atom. The Labute approximate surface area is 86.6 Å². The highest BCUT2D eigenvalue weighted by Gasteiger charge is 2.32. The Balaban J connectivity index is 2.49. The second-order valence-electron chi connectivity index (χ2n) is 4.71. The average Bonchev–Trinajstić information content (AvgIpc) is 2.47. The van der Waals surface area contributed by atoms with E-state index in [-0.39, 0.29) is 11.8 Å². The molecule has 0 aromatic heterocycles. The molecule has 2 N–H and O–H groups in total. The van der Waals surface area contributed by atoms with Crippen LogP contribution in [-0.2, 0) is 4.79 Å². The summed E-state index contributed by atoms with van der Waals surface area (Å²) in [5, 5.41) is 0. The van der Waals surface area contributed by atoms with Gasteiger partial charge in [-0.25, -0.2) is 0 Å². The van der Waals surface area contributed by atoms with E-state index in [1.54, 1.807) is 0 Å². The predicted octanol–water partition coefficient (Wildman–Crippen LogP) is 1.09. The van der Waals surface area contributed by atoms with Gasteiger partial charge >= 0.3 is 0 Å². The van der Waals surface area contributed by atoms with Gasteiger partial charge in [0.1, 0.15) is 0 Å². The highest BCUT2D eigenvalue weighted by molar-refractivity contribution is 5.78. The van der Waals surface area contributed by atoms with Gasteiger partial charge in [-0.05, 0) is 24.8 Å². The van der Waals surface area contributed by atoms with Crippen molar-refractivity contribution in [2.75, 3.05) is 19.6 Å². The van der Waals surface area contributed by atoms with Crippen molar-refractivity contribution in [2.45, 2.75) is 27.2 Å². The molecule has 14 heavy (non-hydrogen) atoms. The van der Waals surface area contributed by atoms with Gasteiger partial charge in [0.25, 0.3) is 0 Å². The predicted molar refractivity (Wildman–Crippen MR) is 57.7 cm³/mol. The van der Waals surface area contributed by atoms with Gasteiger partial charge in [0.05, 0.1) is 0 Å². The fourth-order valence-corrected chi connectivity index (χ4v) is 2.17. The van der Waals surface area contributed by atoms with Gasteiger partial charge in [0, 0.05) is 19.0 Å². The van der Waals surface area contributed by atoms with Crippen LogP contribution in [0.4, 0.5) is 0 Å². The van der Waals surface area contributed by atoms with Crippen LogP contribution < -0.4 is 5.73 Å². The van der Waals surface area contributed by atoms with Gasteiger partial charge in [0.2, 0.25) is 5.91 Å². The molecule has 1 saturated heterocycles. The lowest BCUT2D eigenvalue weighted by molar-refractivity contribution is -0.133. The molecule has 1 amide bonds. The van der Waals surface area contributed by atoms with Crippen molar-refractivity contribution >= 4 is 5.91 Å². The van der Waals surface area contributed by atoms with Crippen LogP contribution in [0.2, 0.25) is 0 Å². The van der Waals surface area contributed by atoms with Crippen LogP contribution in [0.3, 0.4) is 0 Å². The lowest BCUT2D eigenvalue weighted by Gasteiger charge is -2.18. The number of hydrogen-bond donors (Lipinski definition) is 1. The number of carbonyl (C=O) groups excluding carboxylic acids is 1. The van der Waals surface area contributed by atoms with Gasteiger partial charge in [0.15, 0.2) is 0 Å². The van der Waals surface area contributed by atoms with E-state index in [0.29, 0.717) is 11.8 Å². The number of nitrogens with two attached hydrogens (primary N) is 1. The molecule has 82 valence electrons. The first-order chi connectivity index (χ1) is 6.56. The SMILES string of the molecule is CC(C)C(=O)N1C[C@@H](CCN)[C@H](C)C1. The van der Waals surface area contributed by atoms with Crippen LogP contribution >= 0.6 is 0 Å². The molecular weight excluding hydrogens is 176 g/mol. The third-order valence-corrected chi connectivity index (χ3v) is 3.11. The van der Waals surface area contributed by atoms with Crippen LogP contribution in [0.15, 0.2) is 0 Å². The summed E-state index contributed by atoms with van der Waals surface area (Å²) in [5.41, 5.74) is 5.55. The number of likely N-dealkylation sites (tertiary alicyclic amines) is 1. The summed E-state index contributed by atoms with van der Waals surface area (Å²) >= 11 is 0. The zero-order valence-corrected chi connectivity index (χ0v) is 9.49. The number of hydrogen-bond acceptors (Lipinski definition) is 2. The summed E-state index contributed by atoms with van der Waals surface area (Å²) in [5.74, 6) is 1.64. The number of amides is 1. The van der Waals surface area contributed by atoms with E-state index in [0.717, 1.165) is 26.1 Å². The monoisotopic (exact) mass is 198 g/mol. The zero-order chi connectivity index (χ0) is 10.7. The Hall–Kier alpha value is -0.570. The molecule has 3 heteroatoms. The molecule has 1 aliphatic heterocycles. The second-order valence-corrected chi connectivity index (χ2v) is 4.71. The first-order valence-electron chi connectivity index (χ1n) is 5.55.